The second-order valence-corrected chi connectivity index (χ2v) is 4.24. The lowest BCUT2D eigenvalue weighted by molar-refractivity contribution is -0.139. The Bertz CT molecular complexity index is 314. The summed E-state index contributed by atoms with van der Waals surface area (Å²) in [4.78, 5) is 37.3. The largest absolute Gasteiger partial charge is 0.396 e. The van der Waals surface area contributed by atoms with Gasteiger partial charge in [0, 0.05) is 45.5 Å². The smallest absolute Gasteiger partial charge is 0.229 e. The van der Waals surface area contributed by atoms with E-state index >= 15 is 0 Å². The number of nitrogens with zero attached hydrogens (tertiary/aromatic N) is 2. The number of hydrogen-bond acceptors (Lipinski definition) is 4. The predicted molar refractivity (Wildman–Crippen MR) is 64.5 cm³/mol. The van der Waals surface area contributed by atoms with Crippen LogP contribution in [0, 0.1) is 0 Å². The van der Waals surface area contributed by atoms with Crippen LogP contribution in [0.5, 0.6) is 0 Å². The Balaban J connectivity index is 2.39. The molecule has 1 fully saturated rings. The quantitative estimate of drug-likeness (QED) is 0.637. The van der Waals surface area contributed by atoms with Crippen LogP contribution in [0.2, 0.25) is 0 Å². The number of amides is 3. The van der Waals surface area contributed by atoms with Crippen molar-refractivity contribution in [3.63, 3.8) is 0 Å². The molecular formula is C12H20N2O4. The van der Waals surface area contributed by atoms with Gasteiger partial charge in [-0.3, -0.25) is 19.3 Å². The molecule has 0 spiro atoms. The van der Waals surface area contributed by atoms with E-state index in [1.807, 2.05) is 6.92 Å². The van der Waals surface area contributed by atoms with Gasteiger partial charge in [-0.15, -0.1) is 0 Å². The Morgan fingerprint density at radius 1 is 1.33 bits per heavy atom. The van der Waals surface area contributed by atoms with Gasteiger partial charge in [0.05, 0.1) is 0 Å². The average molecular weight is 256 g/mol. The summed E-state index contributed by atoms with van der Waals surface area (Å²) in [7, 11) is 0. The van der Waals surface area contributed by atoms with Gasteiger partial charge < -0.3 is 10.0 Å². The molecule has 102 valence electrons. The third-order valence-electron chi connectivity index (χ3n) is 3.02. The summed E-state index contributed by atoms with van der Waals surface area (Å²) in [6.07, 6.45) is 1.22. The number of hydrogen-bond donors (Lipinski definition) is 1. The van der Waals surface area contributed by atoms with Crippen LogP contribution in [-0.2, 0) is 14.4 Å². The van der Waals surface area contributed by atoms with E-state index in [0.29, 0.717) is 19.5 Å². The van der Waals surface area contributed by atoms with Crippen LogP contribution < -0.4 is 0 Å². The second-order valence-electron chi connectivity index (χ2n) is 4.24. The predicted octanol–water partition coefficient (Wildman–Crippen LogP) is -0.244. The standard InChI is InChI=1S/C12H20N2O4/c1-2-13(7-3-9-15)10(16)6-8-14-11(17)4-5-12(14)18/h15H,2-9H2,1H3. The normalized spacial score (nSPS) is 15.3. The van der Waals surface area contributed by atoms with Crippen molar-refractivity contribution < 1.29 is 19.5 Å². The van der Waals surface area contributed by atoms with E-state index in [4.69, 9.17) is 5.11 Å². The highest BCUT2D eigenvalue weighted by atomic mass is 16.3. The zero-order valence-electron chi connectivity index (χ0n) is 10.7. The molecule has 3 amide bonds. The number of aliphatic hydroxyl groups excluding tert-OH is 1. The first-order valence-corrected chi connectivity index (χ1v) is 6.32. The molecule has 0 aromatic carbocycles. The number of carbonyl (C=O) groups is 3. The van der Waals surface area contributed by atoms with Crippen LogP contribution in [0.3, 0.4) is 0 Å². The van der Waals surface area contributed by atoms with Gasteiger partial charge >= 0.3 is 0 Å². The number of likely N-dealkylation sites (tertiary alicyclic amines) is 1. The summed E-state index contributed by atoms with van der Waals surface area (Å²) < 4.78 is 0. The van der Waals surface area contributed by atoms with Crippen molar-refractivity contribution in [3.05, 3.63) is 0 Å². The van der Waals surface area contributed by atoms with Gasteiger partial charge in [-0.25, -0.2) is 0 Å². The summed E-state index contributed by atoms with van der Waals surface area (Å²) in [6, 6.07) is 0. The van der Waals surface area contributed by atoms with Crippen LogP contribution in [0.25, 0.3) is 0 Å². The summed E-state index contributed by atoms with van der Waals surface area (Å²) in [5.74, 6) is -0.462. The molecule has 0 aromatic heterocycles. The first kappa shape index (κ1) is 14.6. The summed E-state index contributed by atoms with van der Waals surface area (Å²) in [6.45, 7) is 3.16. The molecule has 0 saturated carbocycles. The van der Waals surface area contributed by atoms with E-state index in [9.17, 15) is 14.4 Å². The van der Waals surface area contributed by atoms with E-state index < -0.39 is 0 Å². The minimum absolute atomic E-state index is 0.0485. The molecule has 1 heterocycles. The van der Waals surface area contributed by atoms with Crippen molar-refractivity contribution in [2.75, 3.05) is 26.2 Å². The van der Waals surface area contributed by atoms with Gasteiger partial charge in [0.15, 0.2) is 0 Å². The van der Waals surface area contributed by atoms with Crippen molar-refractivity contribution in [3.8, 4) is 0 Å². The molecule has 1 aliphatic heterocycles. The lowest BCUT2D eigenvalue weighted by atomic mass is 10.3. The SMILES string of the molecule is CCN(CCCO)C(=O)CCN1C(=O)CCC1=O. The molecule has 1 rings (SSSR count). The molecule has 6 nitrogen and oxygen atoms in total. The van der Waals surface area contributed by atoms with E-state index in [1.165, 1.54) is 0 Å². The molecule has 0 aromatic rings. The Labute approximate surface area is 107 Å². The fraction of sp³-hybridized carbons (Fsp3) is 0.750. The van der Waals surface area contributed by atoms with Gasteiger partial charge in [0.25, 0.3) is 0 Å². The molecule has 1 N–H and O–H groups in total. The molecule has 0 bridgehead atoms. The zero-order valence-corrected chi connectivity index (χ0v) is 10.7. The summed E-state index contributed by atoms with van der Waals surface area (Å²) in [5, 5.41) is 8.73. The highest BCUT2D eigenvalue weighted by Gasteiger charge is 2.29. The Morgan fingerprint density at radius 3 is 2.44 bits per heavy atom. The van der Waals surface area contributed by atoms with Crippen molar-refractivity contribution in [2.45, 2.75) is 32.6 Å². The molecule has 0 atom stereocenters. The van der Waals surface area contributed by atoms with Crippen LogP contribution in [0.1, 0.15) is 32.6 Å². The van der Waals surface area contributed by atoms with Crippen LogP contribution in [-0.4, -0.2) is 58.9 Å². The first-order valence-electron chi connectivity index (χ1n) is 6.32. The third-order valence-corrected chi connectivity index (χ3v) is 3.02. The Kier molecular flexibility index (Phi) is 5.77. The van der Waals surface area contributed by atoms with Gasteiger partial charge in [-0.1, -0.05) is 0 Å². The topological polar surface area (TPSA) is 77.9 Å². The van der Waals surface area contributed by atoms with Crippen molar-refractivity contribution in [2.24, 2.45) is 0 Å². The van der Waals surface area contributed by atoms with E-state index in [2.05, 4.69) is 0 Å². The van der Waals surface area contributed by atoms with Crippen LogP contribution in [0.15, 0.2) is 0 Å². The van der Waals surface area contributed by atoms with Crippen molar-refractivity contribution in [1.29, 1.82) is 0 Å². The lowest BCUT2D eigenvalue weighted by Crippen LogP contribution is -2.37. The number of rotatable bonds is 7. The minimum Gasteiger partial charge on any atom is -0.396 e. The molecule has 1 aliphatic rings. The molecule has 6 heteroatoms. The second kappa shape index (κ2) is 7.10. The fourth-order valence-corrected chi connectivity index (χ4v) is 1.96. The molecule has 18 heavy (non-hydrogen) atoms. The highest BCUT2D eigenvalue weighted by Crippen LogP contribution is 2.12. The van der Waals surface area contributed by atoms with Crippen LogP contribution in [0.4, 0.5) is 0 Å². The first-order chi connectivity index (χ1) is 8.60. The summed E-state index contributed by atoms with van der Waals surface area (Å²) in [5.41, 5.74) is 0. The van der Waals surface area contributed by atoms with Gasteiger partial charge in [0.2, 0.25) is 17.7 Å². The van der Waals surface area contributed by atoms with E-state index in [1.54, 1.807) is 4.90 Å². The average Bonchev–Trinajstić information content (AvgIpc) is 2.67. The highest BCUT2D eigenvalue weighted by molar-refractivity contribution is 6.02. The Hall–Kier alpha value is -1.43. The van der Waals surface area contributed by atoms with Crippen molar-refractivity contribution >= 4 is 17.7 Å². The maximum atomic E-state index is 11.8. The number of aliphatic hydroxyl groups is 1. The van der Waals surface area contributed by atoms with Crippen molar-refractivity contribution in [1.82, 2.24) is 9.80 Å². The maximum absolute atomic E-state index is 11.8. The zero-order chi connectivity index (χ0) is 13.5. The van der Waals surface area contributed by atoms with E-state index in [-0.39, 0.29) is 50.1 Å². The molecule has 0 unspecified atom stereocenters. The lowest BCUT2D eigenvalue weighted by Gasteiger charge is -2.21. The minimum atomic E-state index is -0.189. The molecule has 0 radical (unpaired) electrons. The fourth-order valence-electron chi connectivity index (χ4n) is 1.96. The summed E-state index contributed by atoms with van der Waals surface area (Å²) >= 11 is 0. The molecular weight excluding hydrogens is 236 g/mol. The number of imide groups is 1. The molecule has 0 aliphatic carbocycles. The van der Waals surface area contributed by atoms with Gasteiger partial charge in [0.1, 0.15) is 0 Å². The third kappa shape index (κ3) is 3.80. The number of carbonyl (C=O) groups excluding carboxylic acids is 3. The van der Waals surface area contributed by atoms with E-state index in [0.717, 1.165) is 4.90 Å². The van der Waals surface area contributed by atoms with Crippen LogP contribution >= 0.6 is 0 Å². The molecule has 1 saturated heterocycles. The van der Waals surface area contributed by atoms with Gasteiger partial charge in [-0.2, -0.15) is 0 Å². The monoisotopic (exact) mass is 256 g/mol. The Morgan fingerprint density at radius 2 is 1.94 bits per heavy atom. The van der Waals surface area contributed by atoms with Gasteiger partial charge in [-0.05, 0) is 13.3 Å². The maximum Gasteiger partial charge on any atom is 0.229 e.